The number of carboxylic acids is 1. The van der Waals surface area contributed by atoms with Gasteiger partial charge in [0.25, 0.3) is 0 Å². The van der Waals surface area contributed by atoms with Crippen LogP contribution >= 0.6 is 0 Å². The van der Waals surface area contributed by atoms with Crippen molar-refractivity contribution in [3.8, 4) is 0 Å². The van der Waals surface area contributed by atoms with Crippen LogP contribution in [0.2, 0.25) is 0 Å². The fraction of sp³-hybridized carbons (Fsp3) is 0.300. The van der Waals surface area contributed by atoms with E-state index in [1.54, 1.807) is 18.2 Å². The first-order valence-electron chi connectivity index (χ1n) is 4.64. The van der Waals surface area contributed by atoms with Gasteiger partial charge < -0.3 is 14.4 Å². The number of carboxylic acid groups (broad SMARTS) is 1. The molecule has 0 aromatic carbocycles. The third-order valence-electron chi connectivity index (χ3n) is 1.99. The van der Waals surface area contributed by atoms with Crippen LogP contribution in [0, 0.1) is 0 Å². The van der Waals surface area contributed by atoms with E-state index >= 15 is 0 Å². The third kappa shape index (κ3) is 3.07. The zero-order chi connectivity index (χ0) is 11.3. The minimum absolute atomic E-state index is 0.0826. The first kappa shape index (κ1) is 11.7. The fourth-order valence-corrected chi connectivity index (χ4v) is 1.20. The molecule has 1 aliphatic heterocycles. The molecule has 1 heterocycles. The Labute approximate surface area is 89.0 Å². The van der Waals surface area contributed by atoms with Gasteiger partial charge in [0.05, 0.1) is 6.61 Å². The SMILES string of the molecule is C=C/C=C\C(=CC)B1OCC(C(=O)O)O1. The molecule has 0 bridgehead atoms. The lowest BCUT2D eigenvalue weighted by molar-refractivity contribution is -0.144. The van der Waals surface area contributed by atoms with Crippen molar-refractivity contribution < 1.29 is 19.2 Å². The Morgan fingerprint density at radius 2 is 2.40 bits per heavy atom. The molecular formula is C10H13BO4. The van der Waals surface area contributed by atoms with Crippen molar-refractivity contribution in [3.63, 3.8) is 0 Å². The molecule has 0 aromatic rings. The van der Waals surface area contributed by atoms with Crippen molar-refractivity contribution in [1.82, 2.24) is 0 Å². The highest BCUT2D eigenvalue weighted by Gasteiger charge is 2.37. The van der Waals surface area contributed by atoms with Crippen molar-refractivity contribution in [1.29, 1.82) is 0 Å². The number of aliphatic carboxylic acids is 1. The quantitative estimate of drug-likeness (QED) is 0.557. The van der Waals surface area contributed by atoms with Gasteiger partial charge in [-0.25, -0.2) is 4.79 Å². The van der Waals surface area contributed by atoms with Gasteiger partial charge in [0, 0.05) is 0 Å². The van der Waals surface area contributed by atoms with Crippen LogP contribution in [0.1, 0.15) is 6.92 Å². The highest BCUT2D eigenvalue weighted by atomic mass is 16.7. The number of carbonyl (C=O) groups is 1. The van der Waals surface area contributed by atoms with Gasteiger partial charge in [-0.15, -0.1) is 0 Å². The molecule has 1 rings (SSSR count). The molecule has 0 saturated carbocycles. The lowest BCUT2D eigenvalue weighted by atomic mass is 9.78. The van der Waals surface area contributed by atoms with Gasteiger partial charge in [-0.3, -0.25) is 0 Å². The standard InChI is InChI=1S/C10H13BO4/c1-3-5-6-8(4-2)11-14-7-9(15-11)10(12)13/h3-6,9H,1,7H2,2H3,(H,12,13)/b6-5-,8-4?. The highest BCUT2D eigenvalue weighted by molar-refractivity contribution is 6.55. The van der Waals surface area contributed by atoms with E-state index in [4.69, 9.17) is 14.4 Å². The van der Waals surface area contributed by atoms with Crippen molar-refractivity contribution >= 4 is 13.1 Å². The monoisotopic (exact) mass is 208 g/mol. The summed E-state index contributed by atoms with van der Waals surface area (Å²) in [5, 5.41) is 8.70. The fourth-order valence-electron chi connectivity index (χ4n) is 1.20. The van der Waals surface area contributed by atoms with Gasteiger partial charge in [0.2, 0.25) is 0 Å². The summed E-state index contributed by atoms with van der Waals surface area (Å²) in [6.45, 7) is 5.47. The first-order valence-corrected chi connectivity index (χ1v) is 4.64. The van der Waals surface area contributed by atoms with Crippen LogP contribution in [0.3, 0.4) is 0 Å². The second-order valence-corrected chi connectivity index (χ2v) is 3.01. The zero-order valence-corrected chi connectivity index (χ0v) is 8.55. The number of hydrogen-bond acceptors (Lipinski definition) is 3. The van der Waals surface area contributed by atoms with Crippen LogP contribution in [-0.2, 0) is 14.1 Å². The Kier molecular flexibility index (Phi) is 4.33. The summed E-state index contributed by atoms with van der Waals surface area (Å²) in [5.41, 5.74) is 0.790. The minimum Gasteiger partial charge on any atom is -0.479 e. The molecule has 1 atom stereocenters. The molecule has 80 valence electrons. The predicted molar refractivity (Wildman–Crippen MR) is 57.3 cm³/mol. The van der Waals surface area contributed by atoms with Gasteiger partial charge in [-0.2, -0.15) is 0 Å². The molecule has 1 unspecified atom stereocenters. The topological polar surface area (TPSA) is 55.8 Å². The summed E-state index contributed by atoms with van der Waals surface area (Å²) in [4.78, 5) is 10.6. The molecule has 0 spiro atoms. The molecule has 0 amide bonds. The van der Waals surface area contributed by atoms with Gasteiger partial charge >= 0.3 is 13.1 Å². The van der Waals surface area contributed by atoms with Gasteiger partial charge in [-0.05, 0) is 12.4 Å². The first-order chi connectivity index (χ1) is 7.19. The van der Waals surface area contributed by atoms with E-state index in [0.29, 0.717) is 0 Å². The Balaban J connectivity index is 2.62. The molecule has 15 heavy (non-hydrogen) atoms. The van der Waals surface area contributed by atoms with Crippen LogP contribution in [0.25, 0.3) is 0 Å². The van der Waals surface area contributed by atoms with Gasteiger partial charge in [0.1, 0.15) is 0 Å². The second-order valence-electron chi connectivity index (χ2n) is 3.01. The Hall–Kier alpha value is -1.33. The summed E-state index contributed by atoms with van der Waals surface area (Å²) < 4.78 is 10.4. The van der Waals surface area contributed by atoms with E-state index < -0.39 is 19.2 Å². The zero-order valence-electron chi connectivity index (χ0n) is 8.55. The average molecular weight is 208 g/mol. The number of hydrogen-bond donors (Lipinski definition) is 1. The molecule has 5 heteroatoms. The van der Waals surface area contributed by atoms with E-state index in [1.807, 2.05) is 13.0 Å². The highest BCUT2D eigenvalue weighted by Crippen LogP contribution is 2.16. The van der Waals surface area contributed by atoms with Crippen LogP contribution in [-0.4, -0.2) is 30.9 Å². The predicted octanol–water partition coefficient (Wildman–Crippen LogP) is 1.20. The Morgan fingerprint density at radius 3 is 2.87 bits per heavy atom. The van der Waals surface area contributed by atoms with E-state index in [1.165, 1.54) is 0 Å². The van der Waals surface area contributed by atoms with E-state index in [-0.39, 0.29) is 6.61 Å². The molecule has 0 aromatic heterocycles. The van der Waals surface area contributed by atoms with E-state index in [9.17, 15) is 4.79 Å². The molecule has 1 saturated heterocycles. The Morgan fingerprint density at radius 1 is 1.67 bits per heavy atom. The van der Waals surface area contributed by atoms with Crippen molar-refractivity contribution in [3.05, 3.63) is 36.4 Å². The van der Waals surface area contributed by atoms with Crippen LogP contribution in [0.5, 0.6) is 0 Å². The summed E-state index contributed by atoms with van der Waals surface area (Å²) in [7, 11) is -0.590. The number of allylic oxidation sites excluding steroid dienone is 5. The average Bonchev–Trinajstić information content (AvgIpc) is 2.68. The van der Waals surface area contributed by atoms with E-state index in [0.717, 1.165) is 5.47 Å². The molecular weight excluding hydrogens is 195 g/mol. The Bertz CT molecular complexity index is 309. The van der Waals surface area contributed by atoms with Crippen molar-refractivity contribution in [2.75, 3.05) is 6.61 Å². The van der Waals surface area contributed by atoms with Crippen molar-refractivity contribution in [2.24, 2.45) is 0 Å². The minimum atomic E-state index is -0.999. The van der Waals surface area contributed by atoms with Gasteiger partial charge in [-0.1, -0.05) is 30.9 Å². The van der Waals surface area contributed by atoms with Crippen LogP contribution in [0.15, 0.2) is 36.4 Å². The smallest absolute Gasteiger partial charge is 0.479 e. The lowest BCUT2D eigenvalue weighted by Gasteiger charge is -2.05. The second kappa shape index (κ2) is 5.53. The largest absolute Gasteiger partial charge is 0.494 e. The maximum absolute atomic E-state index is 10.6. The van der Waals surface area contributed by atoms with E-state index in [2.05, 4.69) is 6.58 Å². The summed E-state index contributed by atoms with van der Waals surface area (Å²) in [6.07, 6.45) is 6.10. The molecule has 4 nitrogen and oxygen atoms in total. The molecule has 1 aliphatic rings. The summed E-state index contributed by atoms with van der Waals surface area (Å²) >= 11 is 0. The maximum Gasteiger partial charge on any atom is 0.494 e. The summed E-state index contributed by atoms with van der Waals surface area (Å²) in [5.74, 6) is -0.999. The molecule has 1 fully saturated rings. The van der Waals surface area contributed by atoms with Crippen LogP contribution in [0.4, 0.5) is 0 Å². The van der Waals surface area contributed by atoms with Crippen LogP contribution < -0.4 is 0 Å². The lowest BCUT2D eigenvalue weighted by Crippen LogP contribution is -2.25. The molecule has 0 aliphatic carbocycles. The third-order valence-corrected chi connectivity index (χ3v) is 1.99. The maximum atomic E-state index is 10.6. The molecule has 1 N–H and O–H groups in total. The van der Waals surface area contributed by atoms with Gasteiger partial charge in [0.15, 0.2) is 6.10 Å². The van der Waals surface area contributed by atoms with Crippen molar-refractivity contribution in [2.45, 2.75) is 13.0 Å². The normalized spacial score (nSPS) is 22.3. The molecule has 0 radical (unpaired) electrons. The summed E-state index contributed by atoms with van der Waals surface area (Å²) in [6, 6.07) is 0. The number of rotatable bonds is 4.